The number of methoxy groups -OCH3 is 1. The summed E-state index contributed by atoms with van der Waals surface area (Å²) in [5.74, 6) is 0.0522. The molecule has 2 aromatic rings. The highest BCUT2D eigenvalue weighted by Gasteiger charge is 2.12. The van der Waals surface area contributed by atoms with E-state index in [1.54, 1.807) is 37.6 Å². The van der Waals surface area contributed by atoms with Crippen LogP contribution < -0.4 is 14.9 Å². The third-order valence-electron chi connectivity index (χ3n) is 3.48. The smallest absolute Gasteiger partial charge is 0.344 e. The van der Waals surface area contributed by atoms with Crippen LogP contribution in [0.1, 0.15) is 25.1 Å². The lowest BCUT2D eigenvalue weighted by Gasteiger charge is -2.12. The molecule has 0 radical (unpaired) electrons. The molecule has 0 atom stereocenters. The number of hydrogen-bond donors (Lipinski definition) is 1. The number of thiazole rings is 1. The van der Waals surface area contributed by atoms with Crippen LogP contribution in [0, 0.1) is 0 Å². The predicted octanol–water partition coefficient (Wildman–Crippen LogP) is 3.41. The average Bonchev–Trinajstić information content (AvgIpc) is 3.15. The standard InChI is InChI=1S/C19H22BrN3O6S/c1-4-27-17(24)7-13-11-30-19(22-13)23-21-9-12-6-15(26-3)16(8-14(12)20)29-10-18(25)28-5-2/h6,8-9,11H,4-5,7,10H2,1-3H3,(H,22,23). The van der Waals surface area contributed by atoms with E-state index in [0.717, 1.165) is 0 Å². The number of benzene rings is 1. The molecule has 30 heavy (non-hydrogen) atoms. The first-order valence-electron chi connectivity index (χ1n) is 9.01. The van der Waals surface area contributed by atoms with Gasteiger partial charge in [-0.05, 0) is 41.9 Å². The molecule has 11 heteroatoms. The lowest BCUT2D eigenvalue weighted by Crippen LogP contribution is -2.15. The average molecular weight is 500 g/mol. The molecule has 0 amide bonds. The third kappa shape index (κ3) is 7.30. The molecule has 1 heterocycles. The summed E-state index contributed by atoms with van der Waals surface area (Å²) in [4.78, 5) is 27.3. The SMILES string of the molecule is CCOC(=O)COc1cc(Br)c(C=NNc2nc(CC(=O)OCC)cs2)cc1OC. The molecule has 0 aliphatic carbocycles. The van der Waals surface area contributed by atoms with E-state index in [0.29, 0.717) is 39.0 Å². The summed E-state index contributed by atoms with van der Waals surface area (Å²) in [7, 11) is 1.50. The Labute approximate surface area is 186 Å². The second kappa shape index (κ2) is 12.1. The first-order valence-corrected chi connectivity index (χ1v) is 10.7. The number of carbonyl (C=O) groups is 2. The zero-order chi connectivity index (χ0) is 21.9. The lowest BCUT2D eigenvalue weighted by molar-refractivity contribution is -0.145. The van der Waals surface area contributed by atoms with Crippen LogP contribution in [0.3, 0.4) is 0 Å². The van der Waals surface area contributed by atoms with Crippen LogP contribution in [-0.4, -0.2) is 50.1 Å². The summed E-state index contributed by atoms with van der Waals surface area (Å²) in [6, 6.07) is 3.39. The van der Waals surface area contributed by atoms with Crippen LogP contribution >= 0.6 is 27.3 Å². The van der Waals surface area contributed by atoms with Crippen LogP contribution in [0.2, 0.25) is 0 Å². The fourth-order valence-corrected chi connectivity index (χ4v) is 3.30. The van der Waals surface area contributed by atoms with E-state index in [9.17, 15) is 9.59 Å². The number of nitrogens with one attached hydrogen (secondary N) is 1. The van der Waals surface area contributed by atoms with Gasteiger partial charge in [0.2, 0.25) is 5.13 Å². The third-order valence-corrected chi connectivity index (χ3v) is 4.96. The topological polar surface area (TPSA) is 108 Å². The molecule has 0 bridgehead atoms. The lowest BCUT2D eigenvalue weighted by atomic mass is 10.2. The van der Waals surface area contributed by atoms with Gasteiger partial charge in [-0.1, -0.05) is 0 Å². The van der Waals surface area contributed by atoms with Crippen molar-refractivity contribution in [2.75, 3.05) is 32.4 Å². The monoisotopic (exact) mass is 499 g/mol. The van der Waals surface area contributed by atoms with E-state index < -0.39 is 5.97 Å². The Balaban J connectivity index is 2.00. The fourth-order valence-electron chi connectivity index (χ4n) is 2.22. The number of esters is 2. The van der Waals surface area contributed by atoms with Crippen molar-refractivity contribution in [3.63, 3.8) is 0 Å². The highest BCUT2D eigenvalue weighted by Crippen LogP contribution is 2.33. The molecule has 0 fully saturated rings. The largest absolute Gasteiger partial charge is 0.493 e. The molecule has 1 N–H and O–H groups in total. The van der Waals surface area contributed by atoms with Gasteiger partial charge < -0.3 is 18.9 Å². The number of anilines is 1. The summed E-state index contributed by atoms with van der Waals surface area (Å²) in [6.07, 6.45) is 1.69. The van der Waals surface area contributed by atoms with Gasteiger partial charge in [0, 0.05) is 15.4 Å². The minimum atomic E-state index is -0.462. The van der Waals surface area contributed by atoms with Crippen molar-refractivity contribution in [3.05, 3.63) is 33.2 Å². The van der Waals surface area contributed by atoms with E-state index in [1.807, 2.05) is 0 Å². The van der Waals surface area contributed by atoms with Crippen molar-refractivity contribution in [1.29, 1.82) is 0 Å². The first kappa shape index (κ1) is 23.6. The Morgan fingerprint density at radius 2 is 1.93 bits per heavy atom. The maximum atomic E-state index is 11.5. The number of rotatable bonds is 11. The van der Waals surface area contributed by atoms with Crippen LogP contribution in [0.25, 0.3) is 0 Å². The van der Waals surface area contributed by atoms with Crippen molar-refractivity contribution < 1.29 is 28.5 Å². The fraction of sp³-hybridized carbons (Fsp3) is 0.368. The molecule has 1 aromatic heterocycles. The van der Waals surface area contributed by atoms with Gasteiger partial charge in [0.05, 0.1) is 38.7 Å². The van der Waals surface area contributed by atoms with Crippen LogP contribution in [0.4, 0.5) is 5.13 Å². The maximum absolute atomic E-state index is 11.5. The molecule has 0 aliphatic heterocycles. The molecule has 9 nitrogen and oxygen atoms in total. The number of nitrogens with zero attached hydrogens (tertiary/aromatic N) is 2. The van der Waals surface area contributed by atoms with E-state index in [2.05, 4.69) is 31.4 Å². The minimum absolute atomic E-state index is 0.117. The number of ether oxygens (including phenoxy) is 4. The number of halogens is 1. The Morgan fingerprint density at radius 1 is 1.20 bits per heavy atom. The van der Waals surface area contributed by atoms with Gasteiger partial charge in [-0.25, -0.2) is 9.78 Å². The number of hydrogen-bond acceptors (Lipinski definition) is 10. The summed E-state index contributed by atoms with van der Waals surface area (Å²) < 4.78 is 21.2. The quantitative estimate of drug-likeness (QED) is 0.284. The van der Waals surface area contributed by atoms with Gasteiger partial charge in [0.25, 0.3) is 0 Å². The molecule has 0 unspecified atom stereocenters. The summed E-state index contributed by atoms with van der Waals surface area (Å²) in [5, 5.41) is 6.47. The molecule has 0 spiro atoms. The Kier molecular flexibility index (Phi) is 9.55. The highest BCUT2D eigenvalue weighted by molar-refractivity contribution is 9.10. The summed E-state index contributed by atoms with van der Waals surface area (Å²) in [5.41, 5.74) is 4.15. The zero-order valence-corrected chi connectivity index (χ0v) is 19.2. The van der Waals surface area contributed by atoms with Gasteiger partial charge in [0.15, 0.2) is 18.1 Å². The van der Waals surface area contributed by atoms with Gasteiger partial charge in [-0.2, -0.15) is 5.10 Å². The van der Waals surface area contributed by atoms with Gasteiger partial charge in [0.1, 0.15) is 0 Å². The van der Waals surface area contributed by atoms with Crippen molar-refractivity contribution in [1.82, 2.24) is 4.98 Å². The molecule has 0 saturated heterocycles. The van der Waals surface area contributed by atoms with Crippen LogP contribution in [0.5, 0.6) is 11.5 Å². The molecule has 0 aliphatic rings. The van der Waals surface area contributed by atoms with E-state index >= 15 is 0 Å². The van der Waals surface area contributed by atoms with Gasteiger partial charge >= 0.3 is 11.9 Å². The molecule has 0 saturated carbocycles. The van der Waals surface area contributed by atoms with E-state index in [1.165, 1.54) is 18.4 Å². The summed E-state index contributed by atoms with van der Waals surface area (Å²) >= 11 is 4.77. The number of hydrazone groups is 1. The van der Waals surface area contributed by atoms with Crippen LogP contribution in [0.15, 0.2) is 27.1 Å². The minimum Gasteiger partial charge on any atom is -0.493 e. The summed E-state index contributed by atoms with van der Waals surface area (Å²) in [6.45, 7) is 3.89. The van der Waals surface area contributed by atoms with Crippen molar-refractivity contribution in [2.24, 2.45) is 5.10 Å². The van der Waals surface area contributed by atoms with Crippen LogP contribution in [-0.2, 0) is 25.5 Å². The molecular formula is C19H22BrN3O6S. The van der Waals surface area contributed by atoms with Gasteiger partial charge in [-0.3, -0.25) is 10.2 Å². The highest BCUT2D eigenvalue weighted by atomic mass is 79.9. The van der Waals surface area contributed by atoms with Crippen molar-refractivity contribution in [3.8, 4) is 11.5 Å². The number of carbonyl (C=O) groups excluding carboxylic acids is 2. The van der Waals surface area contributed by atoms with E-state index in [-0.39, 0.29) is 25.6 Å². The maximum Gasteiger partial charge on any atom is 0.344 e. The van der Waals surface area contributed by atoms with E-state index in [4.69, 9.17) is 18.9 Å². The zero-order valence-electron chi connectivity index (χ0n) is 16.8. The second-order valence-corrected chi connectivity index (χ2v) is 7.33. The van der Waals surface area contributed by atoms with Gasteiger partial charge in [-0.15, -0.1) is 11.3 Å². The predicted molar refractivity (Wildman–Crippen MR) is 116 cm³/mol. The van der Waals surface area contributed by atoms with Crippen molar-refractivity contribution >= 4 is 50.6 Å². The Bertz CT molecular complexity index is 902. The normalized spacial score (nSPS) is 10.7. The molecule has 1 aromatic carbocycles. The second-order valence-electron chi connectivity index (χ2n) is 5.61. The molecule has 2 rings (SSSR count). The Hall–Kier alpha value is -2.66. The first-order chi connectivity index (χ1) is 14.5. The molecular weight excluding hydrogens is 478 g/mol. The number of aromatic nitrogens is 1. The van der Waals surface area contributed by atoms with Crippen molar-refractivity contribution in [2.45, 2.75) is 20.3 Å². The Morgan fingerprint density at radius 3 is 2.63 bits per heavy atom. The molecule has 162 valence electrons.